The number of thioether (sulfide) groups is 1. The number of halogens is 2. The second-order valence-corrected chi connectivity index (χ2v) is 6.02. The highest BCUT2D eigenvalue weighted by Gasteiger charge is 2.12. The van der Waals surface area contributed by atoms with Gasteiger partial charge < -0.3 is 9.67 Å². The molecule has 20 heavy (non-hydrogen) atoms. The van der Waals surface area contributed by atoms with E-state index >= 15 is 0 Å². The van der Waals surface area contributed by atoms with Gasteiger partial charge in [-0.15, -0.1) is 10.2 Å². The van der Waals surface area contributed by atoms with Crippen molar-refractivity contribution in [1.82, 2.24) is 14.8 Å². The molecule has 1 N–H and O–H groups in total. The van der Waals surface area contributed by atoms with Crippen molar-refractivity contribution >= 4 is 35.0 Å². The van der Waals surface area contributed by atoms with Crippen LogP contribution in [0, 0.1) is 0 Å². The van der Waals surface area contributed by atoms with Gasteiger partial charge >= 0.3 is 0 Å². The molecule has 1 heterocycles. The molecule has 2 rings (SSSR count). The maximum atomic E-state index is 9.25. The van der Waals surface area contributed by atoms with Gasteiger partial charge in [0.25, 0.3) is 0 Å². The van der Waals surface area contributed by atoms with E-state index in [0.29, 0.717) is 21.6 Å². The van der Waals surface area contributed by atoms with Crippen LogP contribution in [0.1, 0.15) is 24.7 Å². The van der Waals surface area contributed by atoms with Crippen molar-refractivity contribution in [2.45, 2.75) is 37.4 Å². The van der Waals surface area contributed by atoms with Crippen LogP contribution < -0.4 is 0 Å². The van der Waals surface area contributed by atoms with Gasteiger partial charge in [0, 0.05) is 22.3 Å². The Morgan fingerprint density at radius 1 is 1.30 bits per heavy atom. The first-order valence-corrected chi connectivity index (χ1v) is 7.99. The Morgan fingerprint density at radius 3 is 2.75 bits per heavy atom. The first kappa shape index (κ1) is 15.6. The summed E-state index contributed by atoms with van der Waals surface area (Å²) in [5.74, 6) is 1.28. The summed E-state index contributed by atoms with van der Waals surface area (Å²) in [7, 11) is 0. The largest absolute Gasteiger partial charge is 0.388 e. The Morgan fingerprint density at radius 2 is 2.10 bits per heavy atom. The van der Waals surface area contributed by atoms with E-state index in [1.807, 2.05) is 16.7 Å². The van der Waals surface area contributed by atoms with Crippen molar-refractivity contribution in [2.24, 2.45) is 0 Å². The number of nitrogens with zero attached hydrogens (tertiary/aromatic N) is 3. The molecular formula is C13H15Cl2N3OS. The van der Waals surface area contributed by atoms with Gasteiger partial charge in [0.2, 0.25) is 0 Å². The third-order valence-corrected chi connectivity index (χ3v) is 4.36. The highest BCUT2D eigenvalue weighted by Crippen LogP contribution is 2.28. The Labute approximate surface area is 132 Å². The number of hydrogen-bond donors (Lipinski definition) is 1. The van der Waals surface area contributed by atoms with Crippen molar-refractivity contribution in [2.75, 3.05) is 0 Å². The minimum absolute atomic E-state index is 0.102. The second kappa shape index (κ2) is 7.31. The first-order chi connectivity index (χ1) is 9.65. The molecule has 0 aliphatic heterocycles. The molecule has 0 fully saturated rings. The summed E-state index contributed by atoms with van der Waals surface area (Å²) in [5.41, 5.74) is 0.998. The minimum Gasteiger partial charge on any atom is -0.388 e. The topological polar surface area (TPSA) is 50.9 Å². The Bertz CT molecular complexity index is 589. The van der Waals surface area contributed by atoms with E-state index in [2.05, 4.69) is 17.1 Å². The monoisotopic (exact) mass is 331 g/mol. The van der Waals surface area contributed by atoms with E-state index in [0.717, 1.165) is 23.7 Å². The molecule has 7 heteroatoms. The van der Waals surface area contributed by atoms with Crippen LogP contribution in [0.3, 0.4) is 0 Å². The second-order valence-electron chi connectivity index (χ2n) is 4.23. The zero-order valence-electron chi connectivity index (χ0n) is 11.0. The Balaban J connectivity index is 2.12. The van der Waals surface area contributed by atoms with Crippen LogP contribution in [0.15, 0.2) is 23.4 Å². The molecule has 108 valence electrons. The summed E-state index contributed by atoms with van der Waals surface area (Å²) >= 11 is 13.6. The van der Waals surface area contributed by atoms with Crippen LogP contribution in [0.2, 0.25) is 10.0 Å². The molecule has 0 bridgehead atoms. The lowest BCUT2D eigenvalue weighted by molar-refractivity contribution is 0.263. The molecule has 0 saturated heterocycles. The number of benzene rings is 1. The van der Waals surface area contributed by atoms with Crippen molar-refractivity contribution < 1.29 is 5.11 Å². The molecular weight excluding hydrogens is 317 g/mol. The van der Waals surface area contributed by atoms with E-state index in [4.69, 9.17) is 23.2 Å². The van der Waals surface area contributed by atoms with Crippen LogP contribution in [0.25, 0.3) is 0 Å². The third kappa shape index (κ3) is 3.67. The smallest absolute Gasteiger partial charge is 0.191 e. The van der Waals surface area contributed by atoms with Crippen LogP contribution >= 0.6 is 35.0 Å². The van der Waals surface area contributed by atoms with Crippen LogP contribution in [-0.4, -0.2) is 19.9 Å². The van der Waals surface area contributed by atoms with Crippen molar-refractivity contribution in [3.63, 3.8) is 0 Å². The third-order valence-electron chi connectivity index (χ3n) is 2.75. The molecule has 0 saturated carbocycles. The highest BCUT2D eigenvalue weighted by atomic mass is 35.5. The van der Waals surface area contributed by atoms with Crippen LogP contribution in [-0.2, 0) is 18.9 Å². The molecule has 0 unspecified atom stereocenters. The normalized spacial score (nSPS) is 11.0. The van der Waals surface area contributed by atoms with E-state index in [1.54, 1.807) is 17.8 Å². The van der Waals surface area contributed by atoms with Crippen LogP contribution in [0.5, 0.6) is 0 Å². The lowest BCUT2D eigenvalue weighted by atomic mass is 10.2. The summed E-state index contributed by atoms with van der Waals surface area (Å²) in [6, 6.07) is 5.46. The summed E-state index contributed by atoms with van der Waals surface area (Å²) in [6.07, 6.45) is 0.959. The zero-order valence-corrected chi connectivity index (χ0v) is 13.3. The molecule has 0 aliphatic rings. The Kier molecular flexibility index (Phi) is 5.72. The van der Waals surface area contributed by atoms with Gasteiger partial charge in [-0.2, -0.15) is 0 Å². The van der Waals surface area contributed by atoms with E-state index in [9.17, 15) is 5.11 Å². The Hall–Kier alpha value is -0.750. The molecule has 0 spiro atoms. The minimum atomic E-state index is -0.102. The van der Waals surface area contributed by atoms with E-state index in [1.165, 1.54) is 0 Å². The highest BCUT2D eigenvalue weighted by molar-refractivity contribution is 7.98. The van der Waals surface area contributed by atoms with Gasteiger partial charge in [-0.25, -0.2) is 0 Å². The fourth-order valence-corrected chi connectivity index (χ4v) is 3.31. The SMILES string of the molecule is CCCn1c(CO)nnc1SCc1ccc(Cl)cc1Cl. The predicted molar refractivity (Wildman–Crippen MR) is 82.3 cm³/mol. The van der Waals surface area contributed by atoms with Gasteiger partial charge in [0.15, 0.2) is 11.0 Å². The van der Waals surface area contributed by atoms with Gasteiger partial charge in [-0.1, -0.05) is 48.0 Å². The molecule has 0 aliphatic carbocycles. The van der Waals surface area contributed by atoms with E-state index < -0.39 is 0 Å². The average molecular weight is 332 g/mol. The van der Waals surface area contributed by atoms with Gasteiger partial charge in [0.05, 0.1) is 0 Å². The molecule has 0 radical (unpaired) electrons. The number of hydrogen-bond acceptors (Lipinski definition) is 4. The zero-order chi connectivity index (χ0) is 14.5. The summed E-state index contributed by atoms with van der Waals surface area (Å²) in [6.45, 7) is 2.76. The first-order valence-electron chi connectivity index (χ1n) is 6.25. The van der Waals surface area contributed by atoms with Gasteiger partial charge in [0.1, 0.15) is 6.61 Å². The quantitative estimate of drug-likeness (QED) is 0.818. The predicted octanol–water partition coefficient (Wildman–Crippen LogP) is 3.78. The molecule has 0 amide bonds. The maximum absolute atomic E-state index is 9.25. The lowest BCUT2D eigenvalue weighted by Crippen LogP contribution is -2.04. The fraction of sp³-hybridized carbons (Fsp3) is 0.385. The van der Waals surface area contributed by atoms with Gasteiger partial charge in [-0.05, 0) is 24.1 Å². The van der Waals surface area contributed by atoms with Crippen molar-refractivity contribution in [3.8, 4) is 0 Å². The fourth-order valence-electron chi connectivity index (χ4n) is 1.77. The van der Waals surface area contributed by atoms with Crippen LogP contribution in [0.4, 0.5) is 0 Å². The number of aliphatic hydroxyl groups excluding tert-OH is 1. The number of aromatic nitrogens is 3. The summed E-state index contributed by atoms with van der Waals surface area (Å²) < 4.78 is 1.94. The average Bonchev–Trinajstić information content (AvgIpc) is 2.81. The molecule has 1 aromatic heterocycles. The van der Waals surface area contributed by atoms with Crippen molar-refractivity contribution in [1.29, 1.82) is 0 Å². The van der Waals surface area contributed by atoms with E-state index in [-0.39, 0.29) is 6.61 Å². The van der Waals surface area contributed by atoms with Gasteiger partial charge in [-0.3, -0.25) is 0 Å². The maximum Gasteiger partial charge on any atom is 0.191 e. The molecule has 1 aromatic carbocycles. The molecule has 2 aromatic rings. The van der Waals surface area contributed by atoms with Crippen molar-refractivity contribution in [3.05, 3.63) is 39.6 Å². The molecule has 0 atom stereocenters. The molecule has 4 nitrogen and oxygen atoms in total. The standard InChI is InChI=1S/C13H15Cl2N3OS/c1-2-5-18-12(7-19)16-17-13(18)20-8-9-3-4-10(14)6-11(9)15/h3-4,6,19H,2,5,7-8H2,1H3. The summed E-state index contributed by atoms with van der Waals surface area (Å²) in [5, 5.41) is 19.4. The number of rotatable bonds is 6. The lowest BCUT2D eigenvalue weighted by Gasteiger charge is -2.08. The number of aliphatic hydroxyl groups is 1. The summed E-state index contributed by atoms with van der Waals surface area (Å²) in [4.78, 5) is 0.